The summed E-state index contributed by atoms with van der Waals surface area (Å²) in [5.41, 5.74) is 2.31. The summed E-state index contributed by atoms with van der Waals surface area (Å²) in [5, 5.41) is 13.4. The molecule has 1 unspecified atom stereocenters. The van der Waals surface area contributed by atoms with Crippen LogP contribution in [0, 0.1) is 0 Å². The molecule has 23 heavy (non-hydrogen) atoms. The van der Waals surface area contributed by atoms with Crippen LogP contribution < -0.4 is 5.32 Å². The summed E-state index contributed by atoms with van der Waals surface area (Å²) < 4.78 is 7.30. The lowest BCUT2D eigenvalue weighted by Gasteiger charge is -2.13. The van der Waals surface area contributed by atoms with Gasteiger partial charge in [-0.05, 0) is 30.2 Å². The zero-order valence-electron chi connectivity index (χ0n) is 13.0. The van der Waals surface area contributed by atoms with Crippen LogP contribution in [-0.2, 0) is 18.3 Å². The molecule has 2 aromatic heterocycles. The molecule has 1 amide bonds. The van der Waals surface area contributed by atoms with Gasteiger partial charge < -0.3 is 19.4 Å². The van der Waals surface area contributed by atoms with E-state index in [4.69, 9.17) is 4.42 Å². The molecule has 3 aromatic rings. The summed E-state index contributed by atoms with van der Waals surface area (Å²) in [7, 11) is 2.00. The summed E-state index contributed by atoms with van der Waals surface area (Å²) in [4.78, 5) is 12.2. The number of fused-ring (bicyclic) bond motifs is 1. The van der Waals surface area contributed by atoms with Gasteiger partial charge in [0.2, 0.25) is 5.91 Å². The molecule has 3 rings (SSSR count). The van der Waals surface area contributed by atoms with Gasteiger partial charge in [0, 0.05) is 30.6 Å². The molecule has 0 aliphatic carbocycles. The van der Waals surface area contributed by atoms with Gasteiger partial charge in [0.05, 0.1) is 12.9 Å². The van der Waals surface area contributed by atoms with E-state index in [1.165, 1.54) is 11.6 Å². The van der Waals surface area contributed by atoms with Crippen molar-refractivity contribution in [2.24, 2.45) is 7.05 Å². The predicted molar refractivity (Wildman–Crippen MR) is 87.9 cm³/mol. The molecule has 0 radical (unpaired) electrons. The molecule has 0 saturated carbocycles. The molecule has 1 aromatic carbocycles. The fourth-order valence-corrected chi connectivity index (χ4v) is 2.84. The van der Waals surface area contributed by atoms with E-state index in [1.807, 2.05) is 19.2 Å². The maximum atomic E-state index is 12.2. The number of hydrogen-bond acceptors (Lipinski definition) is 3. The van der Waals surface area contributed by atoms with Gasteiger partial charge >= 0.3 is 0 Å². The van der Waals surface area contributed by atoms with E-state index in [2.05, 4.69) is 28.2 Å². The standard InChI is InChI=1S/C18H20N2O3/c1-20-11-13(14-5-2-3-6-16(14)20)8-9-18(22)19-15(12-21)17-7-4-10-23-17/h2-7,10-11,15,21H,8-9,12H2,1H3,(H,19,22). The summed E-state index contributed by atoms with van der Waals surface area (Å²) >= 11 is 0. The third-order valence-electron chi connectivity index (χ3n) is 4.01. The largest absolute Gasteiger partial charge is 0.467 e. The lowest BCUT2D eigenvalue weighted by Crippen LogP contribution is -2.30. The molecule has 2 heterocycles. The summed E-state index contributed by atoms with van der Waals surface area (Å²) in [6, 6.07) is 11.1. The number of aliphatic hydroxyl groups is 1. The van der Waals surface area contributed by atoms with Gasteiger partial charge in [-0.15, -0.1) is 0 Å². The first-order valence-corrected chi connectivity index (χ1v) is 7.65. The first-order chi connectivity index (χ1) is 11.2. The Morgan fingerprint density at radius 3 is 2.87 bits per heavy atom. The second kappa shape index (κ2) is 6.71. The minimum atomic E-state index is -0.495. The number of furan rings is 1. The van der Waals surface area contributed by atoms with Gasteiger partial charge in [-0.1, -0.05) is 18.2 Å². The number of benzene rings is 1. The smallest absolute Gasteiger partial charge is 0.220 e. The molecular formula is C18H20N2O3. The fourth-order valence-electron chi connectivity index (χ4n) is 2.84. The minimum absolute atomic E-state index is 0.103. The third kappa shape index (κ3) is 3.29. The zero-order chi connectivity index (χ0) is 16.2. The lowest BCUT2D eigenvalue weighted by molar-refractivity contribution is -0.122. The second-order valence-electron chi connectivity index (χ2n) is 5.60. The van der Waals surface area contributed by atoms with Crippen molar-refractivity contribution in [2.75, 3.05) is 6.61 Å². The number of nitrogens with one attached hydrogen (secondary N) is 1. The number of hydrogen-bond donors (Lipinski definition) is 2. The van der Waals surface area contributed by atoms with E-state index in [-0.39, 0.29) is 12.5 Å². The third-order valence-corrected chi connectivity index (χ3v) is 4.01. The Bertz CT molecular complexity index is 790. The molecule has 0 aliphatic rings. The fraction of sp³-hybridized carbons (Fsp3) is 0.278. The number of aliphatic hydroxyl groups excluding tert-OH is 1. The van der Waals surface area contributed by atoms with Crippen molar-refractivity contribution in [3.8, 4) is 0 Å². The molecule has 120 valence electrons. The SMILES string of the molecule is Cn1cc(CCC(=O)NC(CO)c2ccco2)c2ccccc21. The number of aryl methyl sites for hydroxylation is 2. The molecule has 0 bridgehead atoms. The number of carbonyl (C=O) groups is 1. The van der Waals surface area contributed by atoms with Crippen LogP contribution in [-0.4, -0.2) is 22.2 Å². The van der Waals surface area contributed by atoms with Crippen LogP contribution in [0.2, 0.25) is 0 Å². The Hall–Kier alpha value is -2.53. The van der Waals surface area contributed by atoms with Crippen LogP contribution in [0.15, 0.2) is 53.3 Å². The molecule has 0 fully saturated rings. The van der Waals surface area contributed by atoms with Gasteiger partial charge in [-0.2, -0.15) is 0 Å². The molecule has 1 atom stereocenters. The maximum absolute atomic E-state index is 12.2. The lowest BCUT2D eigenvalue weighted by atomic mass is 10.1. The number of amides is 1. The number of nitrogens with zero attached hydrogens (tertiary/aromatic N) is 1. The van der Waals surface area contributed by atoms with E-state index in [1.54, 1.807) is 12.1 Å². The number of rotatable bonds is 6. The highest BCUT2D eigenvalue weighted by atomic mass is 16.3. The number of para-hydroxylation sites is 1. The van der Waals surface area contributed by atoms with E-state index in [0.717, 1.165) is 11.1 Å². The molecule has 5 heteroatoms. The highest BCUT2D eigenvalue weighted by Crippen LogP contribution is 2.21. The van der Waals surface area contributed by atoms with Gasteiger partial charge in [-0.3, -0.25) is 4.79 Å². The topological polar surface area (TPSA) is 67.4 Å². The summed E-state index contributed by atoms with van der Waals surface area (Å²) in [6.07, 6.45) is 4.61. The van der Waals surface area contributed by atoms with Crippen molar-refractivity contribution in [3.05, 3.63) is 60.2 Å². The van der Waals surface area contributed by atoms with E-state index >= 15 is 0 Å². The Morgan fingerprint density at radius 2 is 2.13 bits per heavy atom. The normalized spacial score (nSPS) is 12.4. The first-order valence-electron chi connectivity index (χ1n) is 7.65. The van der Waals surface area contributed by atoms with Crippen molar-refractivity contribution >= 4 is 16.8 Å². The van der Waals surface area contributed by atoms with Crippen molar-refractivity contribution in [1.29, 1.82) is 0 Å². The van der Waals surface area contributed by atoms with Crippen LogP contribution in [0.1, 0.15) is 23.8 Å². The van der Waals surface area contributed by atoms with Crippen molar-refractivity contribution in [3.63, 3.8) is 0 Å². The number of aromatic nitrogens is 1. The van der Waals surface area contributed by atoms with Crippen molar-refractivity contribution in [1.82, 2.24) is 9.88 Å². The molecule has 0 spiro atoms. The average Bonchev–Trinajstić information content (AvgIpc) is 3.20. The summed E-state index contributed by atoms with van der Waals surface area (Å²) in [5.74, 6) is 0.458. The highest BCUT2D eigenvalue weighted by Gasteiger charge is 2.16. The van der Waals surface area contributed by atoms with Gasteiger partial charge in [-0.25, -0.2) is 0 Å². The highest BCUT2D eigenvalue weighted by molar-refractivity contribution is 5.85. The average molecular weight is 312 g/mol. The Balaban J connectivity index is 1.64. The monoisotopic (exact) mass is 312 g/mol. The molecule has 2 N–H and O–H groups in total. The van der Waals surface area contributed by atoms with E-state index < -0.39 is 6.04 Å². The molecule has 5 nitrogen and oxygen atoms in total. The predicted octanol–water partition coefficient (Wildman–Crippen LogP) is 2.55. The summed E-state index contributed by atoms with van der Waals surface area (Å²) in [6.45, 7) is -0.187. The Morgan fingerprint density at radius 1 is 1.30 bits per heavy atom. The zero-order valence-corrected chi connectivity index (χ0v) is 13.0. The quantitative estimate of drug-likeness (QED) is 0.735. The van der Waals surface area contributed by atoms with Crippen LogP contribution >= 0.6 is 0 Å². The Kier molecular flexibility index (Phi) is 4.48. The van der Waals surface area contributed by atoms with E-state index in [9.17, 15) is 9.90 Å². The minimum Gasteiger partial charge on any atom is -0.467 e. The van der Waals surface area contributed by atoms with E-state index in [0.29, 0.717) is 18.6 Å². The van der Waals surface area contributed by atoms with Crippen LogP contribution in [0.4, 0.5) is 0 Å². The van der Waals surface area contributed by atoms with Crippen molar-refractivity contribution in [2.45, 2.75) is 18.9 Å². The second-order valence-corrected chi connectivity index (χ2v) is 5.60. The van der Waals surface area contributed by atoms with Crippen LogP contribution in [0.5, 0.6) is 0 Å². The van der Waals surface area contributed by atoms with Gasteiger partial charge in [0.15, 0.2) is 0 Å². The van der Waals surface area contributed by atoms with Crippen LogP contribution in [0.3, 0.4) is 0 Å². The maximum Gasteiger partial charge on any atom is 0.220 e. The Labute approximate surface area is 134 Å². The molecule has 0 saturated heterocycles. The molecular weight excluding hydrogens is 292 g/mol. The van der Waals surface area contributed by atoms with Crippen LogP contribution in [0.25, 0.3) is 10.9 Å². The number of carbonyl (C=O) groups excluding carboxylic acids is 1. The first kappa shape index (κ1) is 15.4. The van der Waals surface area contributed by atoms with Gasteiger partial charge in [0.1, 0.15) is 11.8 Å². The molecule has 0 aliphatic heterocycles. The van der Waals surface area contributed by atoms with Crippen molar-refractivity contribution < 1.29 is 14.3 Å². The van der Waals surface area contributed by atoms with Gasteiger partial charge in [0.25, 0.3) is 0 Å².